The fourth-order valence-electron chi connectivity index (χ4n) is 1.62. The first-order chi connectivity index (χ1) is 7.15. The van der Waals surface area contributed by atoms with Crippen molar-refractivity contribution >= 4 is 23.5 Å². The molecule has 1 aliphatic rings. The Hall–Kier alpha value is -1.03. The molecule has 84 valence electrons. The van der Waals surface area contributed by atoms with Crippen LogP contribution >= 0.6 is 11.6 Å². The quantitative estimate of drug-likeness (QED) is 0.748. The second-order valence-corrected chi connectivity index (χ2v) is 3.72. The van der Waals surface area contributed by atoms with Crippen LogP contribution in [0.1, 0.15) is 25.7 Å². The molecule has 1 rings (SSSR count). The molecule has 0 unspecified atom stereocenters. The standard InChI is InChI=1S/C10H14ClNO3/c11-6-9(13)12(7-10(14)15)8-4-2-1-3-5-8/h4H,1-3,5-7H2,(H,14,15). The number of carboxylic acids is 1. The molecule has 0 atom stereocenters. The first-order valence-electron chi connectivity index (χ1n) is 4.92. The largest absolute Gasteiger partial charge is 0.480 e. The lowest BCUT2D eigenvalue weighted by Crippen LogP contribution is -2.36. The van der Waals surface area contributed by atoms with Gasteiger partial charge in [0.05, 0.1) is 0 Å². The van der Waals surface area contributed by atoms with E-state index in [0.717, 1.165) is 31.4 Å². The predicted molar refractivity (Wildman–Crippen MR) is 56.6 cm³/mol. The number of nitrogens with zero attached hydrogens (tertiary/aromatic N) is 1. The van der Waals surface area contributed by atoms with E-state index in [2.05, 4.69) is 0 Å². The van der Waals surface area contributed by atoms with Crippen molar-refractivity contribution in [2.75, 3.05) is 12.4 Å². The van der Waals surface area contributed by atoms with Crippen LogP contribution in [-0.4, -0.2) is 34.3 Å². The molecule has 0 bridgehead atoms. The van der Waals surface area contributed by atoms with Gasteiger partial charge in [-0.15, -0.1) is 11.6 Å². The Bertz CT molecular complexity index is 288. The lowest BCUT2D eigenvalue weighted by molar-refractivity contribution is -0.142. The molecule has 1 aliphatic carbocycles. The highest BCUT2D eigenvalue weighted by molar-refractivity contribution is 6.27. The van der Waals surface area contributed by atoms with Gasteiger partial charge >= 0.3 is 5.97 Å². The van der Waals surface area contributed by atoms with Crippen molar-refractivity contribution in [2.45, 2.75) is 25.7 Å². The number of carboxylic acid groups (broad SMARTS) is 1. The van der Waals surface area contributed by atoms with E-state index in [1.807, 2.05) is 6.08 Å². The zero-order valence-corrected chi connectivity index (χ0v) is 9.16. The predicted octanol–water partition coefficient (Wildman–Crippen LogP) is 1.60. The molecule has 0 fully saturated rings. The maximum absolute atomic E-state index is 11.4. The van der Waals surface area contributed by atoms with Crippen LogP contribution in [-0.2, 0) is 9.59 Å². The maximum Gasteiger partial charge on any atom is 0.323 e. The van der Waals surface area contributed by atoms with Crippen LogP contribution in [0.5, 0.6) is 0 Å². The summed E-state index contributed by atoms with van der Waals surface area (Å²) in [7, 11) is 0. The number of hydrogen-bond donors (Lipinski definition) is 1. The fourth-order valence-corrected chi connectivity index (χ4v) is 1.77. The average molecular weight is 232 g/mol. The highest BCUT2D eigenvalue weighted by atomic mass is 35.5. The van der Waals surface area contributed by atoms with E-state index in [9.17, 15) is 9.59 Å². The summed E-state index contributed by atoms with van der Waals surface area (Å²) in [6.45, 7) is -0.294. The molecular formula is C10H14ClNO3. The Labute approximate surface area is 93.5 Å². The van der Waals surface area contributed by atoms with E-state index >= 15 is 0 Å². The molecule has 0 aromatic heterocycles. The highest BCUT2D eigenvalue weighted by Gasteiger charge is 2.20. The molecule has 15 heavy (non-hydrogen) atoms. The molecule has 1 amide bonds. The van der Waals surface area contributed by atoms with Crippen LogP contribution in [0.3, 0.4) is 0 Å². The van der Waals surface area contributed by atoms with Gasteiger partial charge in [-0.05, 0) is 25.7 Å². The van der Waals surface area contributed by atoms with E-state index in [1.54, 1.807) is 0 Å². The summed E-state index contributed by atoms with van der Waals surface area (Å²) in [5, 5.41) is 8.69. The molecule has 0 aromatic rings. The van der Waals surface area contributed by atoms with Crippen LogP contribution < -0.4 is 0 Å². The molecule has 4 nitrogen and oxygen atoms in total. The van der Waals surface area contributed by atoms with Crippen molar-refractivity contribution in [1.29, 1.82) is 0 Å². The Balaban J connectivity index is 2.74. The van der Waals surface area contributed by atoms with Crippen molar-refractivity contribution in [3.05, 3.63) is 11.8 Å². The topological polar surface area (TPSA) is 57.6 Å². The summed E-state index contributed by atoms with van der Waals surface area (Å²) in [4.78, 5) is 23.3. The number of allylic oxidation sites excluding steroid dienone is 2. The SMILES string of the molecule is O=C(O)CN(C(=O)CCl)C1=CCCCC1. The second kappa shape index (κ2) is 5.75. The zero-order valence-electron chi connectivity index (χ0n) is 8.41. The van der Waals surface area contributed by atoms with Gasteiger partial charge in [0.25, 0.3) is 0 Å². The lowest BCUT2D eigenvalue weighted by atomic mass is 10.0. The smallest absolute Gasteiger partial charge is 0.323 e. The minimum Gasteiger partial charge on any atom is -0.480 e. The lowest BCUT2D eigenvalue weighted by Gasteiger charge is -2.25. The maximum atomic E-state index is 11.4. The third-order valence-electron chi connectivity index (χ3n) is 2.32. The second-order valence-electron chi connectivity index (χ2n) is 3.45. The van der Waals surface area contributed by atoms with Crippen molar-refractivity contribution in [1.82, 2.24) is 4.90 Å². The third kappa shape index (κ3) is 3.55. The first-order valence-corrected chi connectivity index (χ1v) is 5.45. The molecule has 0 aromatic carbocycles. The summed E-state index contributed by atoms with van der Waals surface area (Å²) < 4.78 is 0. The number of amides is 1. The molecule has 1 N–H and O–H groups in total. The Morgan fingerprint density at radius 2 is 2.20 bits per heavy atom. The van der Waals surface area contributed by atoms with Crippen molar-refractivity contribution in [2.24, 2.45) is 0 Å². The summed E-state index contributed by atoms with van der Waals surface area (Å²) in [5.41, 5.74) is 0.800. The van der Waals surface area contributed by atoms with Crippen LogP contribution in [0.25, 0.3) is 0 Å². The normalized spacial score (nSPS) is 15.7. The van der Waals surface area contributed by atoms with Crippen LogP contribution in [0.15, 0.2) is 11.8 Å². The van der Waals surface area contributed by atoms with Gasteiger partial charge in [-0.1, -0.05) is 6.08 Å². The minimum atomic E-state index is -1.01. The Morgan fingerprint density at radius 3 is 2.67 bits per heavy atom. The van der Waals surface area contributed by atoms with Crippen LogP contribution in [0.2, 0.25) is 0 Å². The average Bonchev–Trinajstić information content (AvgIpc) is 2.26. The minimum absolute atomic E-state index is 0.176. The van der Waals surface area contributed by atoms with E-state index in [0.29, 0.717) is 0 Å². The van der Waals surface area contributed by atoms with Gasteiger partial charge in [0.2, 0.25) is 5.91 Å². The molecule has 0 spiro atoms. The number of carbonyl (C=O) groups is 2. The highest BCUT2D eigenvalue weighted by Crippen LogP contribution is 2.21. The Kier molecular flexibility index (Phi) is 4.62. The van der Waals surface area contributed by atoms with Crippen LogP contribution in [0.4, 0.5) is 0 Å². The molecule has 0 aliphatic heterocycles. The van der Waals surface area contributed by atoms with Crippen molar-refractivity contribution < 1.29 is 14.7 Å². The van der Waals surface area contributed by atoms with Gasteiger partial charge in [-0.25, -0.2) is 0 Å². The summed E-state index contributed by atoms with van der Waals surface area (Å²) in [5.74, 6) is -1.53. The molecule has 5 heteroatoms. The first kappa shape index (κ1) is 12.0. The van der Waals surface area contributed by atoms with Crippen molar-refractivity contribution in [3.63, 3.8) is 0 Å². The van der Waals surface area contributed by atoms with Gasteiger partial charge in [0, 0.05) is 5.70 Å². The molecule has 0 heterocycles. The number of hydrogen-bond acceptors (Lipinski definition) is 2. The summed E-state index contributed by atoms with van der Waals surface area (Å²) in [6.07, 6.45) is 5.69. The van der Waals surface area contributed by atoms with Gasteiger partial charge in [-0.3, -0.25) is 9.59 Å². The number of alkyl halides is 1. The third-order valence-corrected chi connectivity index (χ3v) is 2.55. The number of carbonyl (C=O) groups excluding carboxylic acids is 1. The van der Waals surface area contributed by atoms with E-state index in [4.69, 9.17) is 16.7 Å². The number of aliphatic carboxylic acids is 1. The van der Waals surface area contributed by atoms with Gasteiger partial charge in [-0.2, -0.15) is 0 Å². The van der Waals surface area contributed by atoms with E-state index in [1.165, 1.54) is 4.90 Å². The zero-order chi connectivity index (χ0) is 11.3. The van der Waals surface area contributed by atoms with E-state index in [-0.39, 0.29) is 18.3 Å². The van der Waals surface area contributed by atoms with E-state index < -0.39 is 5.97 Å². The number of halogens is 1. The summed E-state index contributed by atoms with van der Waals surface area (Å²) in [6, 6.07) is 0. The van der Waals surface area contributed by atoms with Crippen LogP contribution in [0, 0.1) is 0 Å². The molecule has 0 saturated carbocycles. The molecule has 0 saturated heterocycles. The van der Waals surface area contributed by atoms with Gasteiger partial charge in [0.1, 0.15) is 12.4 Å². The Morgan fingerprint density at radius 1 is 1.47 bits per heavy atom. The number of rotatable bonds is 4. The van der Waals surface area contributed by atoms with Gasteiger partial charge in [0.15, 0.2) is 0 Å². The summed E-state index contributed by atoms with van der Waals surface area (Å²) >= 11 is 5.44. The van der Waals surface area contributed by atoms with Gasteiger partial charge < -0.3 is 10.0 Å². The fraction of sp³-hybridized carbons (Fsp3) is 0.600. The van der Waals surface area contributed by atoms with Crippen molar-refractivity contribution in [3.8, 4) is 0 Å². The molecule has 0 radical (unpaired) electrons. The molecular weight excluding hydrogens is 218 g/mol. The monoisotopic (exact) mass is 231 g/mol.